The normalized spacial score (nSPS) is 19.2. The minimum atomic E-state index is -0.740. The molecule has 9 heteroatoms. The zero-order chi connectivity index (χ0) is 21.3. The van der Waals surface area contributed by atoms with Crippen molar-refractivity contribution in [3.8, 4) is 6.07 Å². The summed E-state index contributed by atoms with van der Waals surface area (Å²) in [7, 11) is 0. The number of aromatic nitrogens is 2. The van der Waals surface area contributed by atoms with Crippen LogP contribution < -0.4 is 10.6 Å². The third-order valence-electron chi connectivity index (χ3n) is 5.33. The van der Waals surface area contributed by atoms with Crippen molar-refractivity contribution >= 4 is 29.2 Å². The average molecular weight is 420 g/mol. The van der Waals surface area contributed by atoms with E-state index in [4.69, 9.17) is 12.3 Å². The number of hydrogen-bond acceptors (Lipinski definition) is 7. The van der Waals surface area contributed by atoms with Crippen LogP contribution in [0.1, 0.15) is 47.1 Å². The molecule has 2 aromatic rings. The lowest BCUT2D eigenvalue weighted by Crippen LogP contribution is -2.23. The maximum absolute atomic E-state index is 12.2. The van der Waals surface area contributed by atoms with Gasteiger partial charge in [-0.15, -0.1) is 0 Å². The molecule has 2 fully saturated rings. The SMILES string of the molecule is [C-]#[N+]c1c(N2CC[C@H](O)C2)nc(SC(C(N)=O)c2ccncc2)c(C#N)c1C1CC1. The van der Waals surface area contributed by atoms with E-state index in [0.717, 1.165) is 24.6 Å². The van der Waals surface area contributed by atoms with Gasteiger partial charge in [0.05, 0.1) is 18.2 Å². The highest BCUT2D eigenvalue weighted by Crippen LogP contribution is 2.51. The molecule has 152 valence electrons. The smallest absolute Gasteiger partial charge is 0.235 e. The van der Waals surface area contributed by atoms with E-state index in [-0.39, 0.29) is 5.92 Å². The lowest BCUT2D eigenvalue weighted by molar-refractivity contribution is -0.117. The van der Waals surface area contributed by atoms with Crippen molar-refractivity contribution in [2.24, 2.45) is 5.73 Å². The van der Waals surface area contributed by atoms with E-state index in [1.807, 2.05) is 4.90 Å². The van der Waals surface area contributed by atoms with Crippen LogP contribution in [0.3, 0.4) is 0 Å². The van der Waals surface area contributed by atoms with E-state index in [9.17, 15) is 15.2 Å². The Morgan fingerprint density at radius 2 is 2.13 bits per heavy atom. The molecule has 0 bridgehead atoms. The van der Waals surface area contributed by atoms with Crippen molar-refractivity contribution in [3.63, 3.8) is 0 Å². The van der Waals surface area contributed by atoms with Gasteiger partial charge in [0, 0.05) is 25.5 Å². The first-order chi connectivity index (χ1) is 14.5. The van der Waals surface area contributed by atoms with Crippen molar-refractivity contribution in [1.29, 1.82) is 5.26 Å². The number of hydrogen-bond donors (Lipinski definition) is 2. The summed E-state index contributed by atoms with van der Waals surface area (Å²) in [6.45, 7) is 8.72. The van der Waals surface area contributed by atoms with Crippen molar-refractivity contribution in [2.45, 2.75) is 41.6 Å². The molecule has 3 N–H and O–H groups in total. The van der Waals surface area contributed by atoms with E-state index < -0.39 is 17.3 Å². The first-order valence-corrected chi connectivity index (χ1v) is 10.6. The molecule has 4 rings (SSSR count). The third kappa shape index (κ3) is 3.82. The zero-order valence-corrected chi connectivity index (χ0v) is 17.0. The molecule has 0 spiro atoms. The number of amides is 1. The van der Waals surface area contributed by atoms with Gasteiger partial charge in [0.15, 0.2) is 0 Å². The highest BCUT2D eigenvalue weighted by Gasteiger charge is 2.36. The van der Waals surface area contributed by atoms with Gasteiger partial charge < -0.3 is 15.7 Å². The molecular weight excluding hydrogens is 400 g/mol. The second kappa shape index (κ2) is 8.31. The van der Waals surface area contributed by atoms with E-state index in [0.29, 0.717) is 52.7 Å². The number of aliphatic hydroxyl groups excluding tert-OH is 1. The largest absolute Gasteiger partial charge is 0.391 e. The summed E-state index contributed by atoms with van der Waals surface area (Å²) in [5.41, 5.74) is 7.78. The molecule has 2 atom stereocenters. The number of nitriles is 1. The van der Waals surface area contributed by atoms with Crippen LogP contribution in [-0.4, -0.2) is 40.2 Å². The summed E-state index contributed by atoms with van der Waals surface area (Å²) < 4.78 is 0. The highest BCUT2D eigenvalue weighted by molar-refractivity contribution is 8.00. The molecule has 1 aliphatic heterocycles. The van der Waals surface area contributed by atoms with Crippen LogP contribution in [-0.2, 0) is 4.79 Å². The second-order valence-electron chi connectivity index (χ2n) is 7.45. The predicted octanol–water partition coefficient (Wildman–Crippen LogP) is 2.67. The minimum absolute atomic E-state index is 0.144. The van der Waals surface area contributed by atoms with E-state index in [1.54, 1.807) is 24.5 Å². The molecule has 3 heterocycles. The monoisotopic (exact) mass is 420 g/mol. The third-order valence-corrected chi connectivity index (χ3v) is 6.59. The summed E-state index contributed by atoms with van der Waals surface area (Å²) in [4.78, 5) is 26.5. The van der Waals surface area contributed by atoms with Crippen LogP contribution in [0.5, 0.6) is 0 Å². The van der Waals surface area contributed by atoms with E-state index >= 15 is 0 Å². The molecular formula is C21H20N6O2S. The first-order valence-electron chi connectivity index (χ1n) is 9.67. The van der Waals surface area contributed by atoms with Gasteiger partial charge in [0.2, 0.25) is 11.6 Å². The maximum Gasteiger partial charge on any atom is 0.235 e. The van der Waals surface area contributed by atoms with Crippen LogP contribution in [0, 0.1) is 17.9 Å². The quantitative estimate of drug-likeness (QED) is 0.544. The molecule has 1 unspecified atom stereocenters. The van der Waals surface area contributed by atoms with Gasteiger partial charge in [-0.25, -0.2) is 9.83 Å². The number of rotatable bonds is 6. The number of nitrogens with two attached hydrogens (primary N) is 1. The molecule has 30 heavy (non-hydrogen) atoms. The summed E-state index contributed by atoms with van der Waals surface area (Å²) in [6.07, 6.45) is 5.12. The summed E-state index contributed by atoms with van der Waals surface area (Å²) in [5, 5.41) is 19.6. The van der Waals surface area contributed by atoms with Gasteiger partial charge in [-0.1, -0.05) is 11.8 Å². The molecule has 1 amide bonds. The van der Waals surface area contributed by atoms with Crippen LogP contribution in [0.15, 0.2) is 29.6 Å². The fourth-order valence-electron chi connectivity index (χ4n) is 3.73. The van der Waals surface area contributed by atoms with Gasteiger partial charge in [0.25, 0.3) is 0 Å². The number of thioether (sulfide) groups is 1. The molecule has 1 aliphatic carbocycles. The second-order valence-corrected chi connectivity index (χ2v) is 8.54. The molecule has 1 saturated heterocycles. The van der Waals surface area contributed by atoms with Crippen LogP contribution in [0.4, 0.5) is 11.5 Å². The Kier molecular flexibility index (Phi) is 5.58. The van der Waals surface area contributed by atoms with Gasteiger partial charge in [0.1, 0.15) is 22.2 Å². The fourth-order valence-corrected chi connectivity index (χ4v) is 4.77. The first kappa shape index (κ1) is 20.1. The van der Waals surface area contributed by atoms with Crippen molar-refractivity contribution < 1.29 is 9.90 Å². The van der Waals surface area contributed by atoms with Crippen LogP contribution in [0.2, 0.25) is 0 Å². The Morgan fingerprint density at radius 3 is 2.67 bits per heavy atom. The van der Waals surface area contributed by atoms with Crippen molar-refractivity contribution in [1.82, 2.24) is 9.97 Å². The fraction of sp³-hybridized carbons (Fsp3) is 0.381. The van der Waals surface area contributed by atoms with Gasteiger partial charge in [-0.2, -0.15) is 5.26 Å². The summed E-state index contributed by atoms with van der Waals surface area (Å²) >= 11 is 1.13. The molecule has 8 nitrogen and oxygen atoms in total. The molecule has 0 radical (unpaired) electrons. The number of β-amino-alcohol motifs (C(OH)–C–C–N with tert-alkyl or cyclic N) is 1. The van der Waals surface area contributed by atoms with Gasteiger partial charge in [-0.3, -0.25) is 9.78 Å². The lowest BCUT2D eigenvalue weighted by Gasteiger charge is -2.23. The number of carbonyl (C=O) groups is 1. The molecule has 1 saturated carbocycles. The standard InChI is InChI=1S/C21H20N6O2S/c1-24-17-16(12-2-3-12)15(10-22)21(26-20(17)27-9-6-14(28)11-27)30-18(19(23)29)13-4-7-25-8-5-13/h4-5,7-8,12,14,18,28H,2-3,6,9,11H2,(H2,23,29)/t14-,18?/m0/s1. The Morgan fingerprint density at radius 1 is 1.40 bits per heavy atom. The number of carbonyl (C=O) groups excluding carboxylic acids is 1. The van der Waals surface area contributed by atoms with Crippen molar-refractivity contribution in [3.05, 3.63) is 52.6 Å². The van der Waals surface area contributed by atoms with Crippen LogP contribution in [0.25, 0.3) is 4.85 Å². The summed E-state index contributed by atoms with van der Waals surface area (Å²) in [6, 6.07) is 5.64. The Hall–Kier alpha value is -3.14. The maximum atomic E-state index is 12.2. The van der Waals surface area contributed by atoms with Gasteiger partial charge >= 0.3 is 0 Å². The predicted molar refractivity (Wildman–Crippen MR) is 112 cm³/mol. The minimum Gasteiger partial charge on any atom is -0.391 e. The average Bonchev–Trinajstić information content (AvgIpc) is 3.51. The van der Waals surface area contributed by atoms with Gasteiger partial charge in [-0.05, 0) is 48.4 Å². The lowest BCUT2D eigenvalue weighted by atomic mass is 10.0. The number of nitrogens with zero attached hydrogens (tertiary/aromatic N) is 5. The number of primary amides is 1. The molecule has 2 aliphatic rings. The topological polar surface area (TPSA) is 120 Å². The Balaban J connectivity index is 1.84. The van der Waals surface area contributed by atoms with E-state index in [2.05, 4.69) is 20.9 Å². The zero-order valence-electron chi connectivity index (χ0n) is 16.2. The number of pyridine rings is 2. The van der Waals surface area contributed by atoms with Crippen LogP contribution >= 0.6 is 11.8 Å². The number of anilines is 1. The Labute approximate surface area is 178 Å². The van der Waals surface area contributed by atoms with Crippen molar-refractivity contribution in [2.75, 3.05) is 18.0 Å². The summed E-state index contributed by atoms with van der Waals surface area (Å²) in [5.74, 6) is 0.0745. The van der Waals surface area contributed by atoms with E-state index in [1.165, 1.54) is 0 Å². The number of aliphatic hydroxyl groups is 1. The Bertz CT molecular complexity index is 1060. The molecule has 2 aromatic heterocycles. The molecule has 0 aromatic carbocycles. The highest BCUT2D eigenvalue weighted by atomic mass is 32.2.